The molecule has 2 aromatic heterocycles. The van der Waals surface area contributed by atoms with E-state index in [-0.39, 0.29) is 37.2 Å². The van der Waals surface area contributed by atoms with Crippen LogP contribution in [0.2, 0.25) is 0 Å². The van der Waals surface area contributed by atoms with Gasteiger partial charge in [0.1, 0.15) is 5.01 Å². The molecule has 0 saturated heterocycles. The van der Waals surface area contributed by atoms with Gasteiger partial charge < -0.3 is 5.73 Å². The minimum Gasteiger partial charge on any atom is -0.325 e. The van der Waals surface area contributed by atoms with Gasteiger partial charge in [0.2, 0.25) is 0 Å². The predicted octanol–water partition coefficient (Wildman–Crippen LogP) is 2.93. The van der Waals surface area contributed by atoms with Crippen LogP contribution >= 0.6 is 48.6 Å². The molecule has 0 saturated carbocycles. The smallest absolute Gasteiger partial charge is 0.141 e. The first-order valence-electron chi connectivity index (χ1n) is 3.96. The van der Waals surface area contributed by atoms with Crippen LogP contribution in [-0.4, -0.2) is 9.97 Å². The molecule has 0 fully saturated rings. The zero-order valence-electron chi connectivity index (χ0n) is 8.20. The molecule has 7 heteroatoms. The Hall–Kier alpha value is -0.390. The van der Waals surface area contributed by atoms with Gasteiger partial charge in [0.05, 0.1) is 11.4 Å². The van der Waals surface area contributed by atoms with Gasteiger partial charge in [-0.2, -0.15) is 0 Å². The third-order valence-corrected chi connectivity index (χ3v) is 2.46. The number of rotatable bonds is 2. The van der Waals surface area contributed by atoms with Crippen LogP contribution < -0.4 is 5.73 Å². The molecule has 2 heterocycles. The van der Waals surface area contributed by atoms with Gasteiger partial charge >= 0.3 is 0 Å². The van der Waals surface area contributed by atoms with Crippen LogP contribution in [-0.2, 0) is 6.54 Å². The highest BCUT2D eigenvalue weighted by atomic mass is 35.5. The number of thiazole rings is 1. The fourth-order valence-electron chi connectivity index (χ4n) is 1.06. The van der Waals surface area contributed by atoms with Crippen LogP contribution in [0.5, 0.6) is 0 Å². The molecule has 90 valence electrons. The Kier molecular flexibility index (Phi) is 9.81. The molecule has 0 aliphatic rings. The Balaban J connectivity index is 0. The molecule has 3 nitrogen and oxygen atoms in total. The summed E-state index contributed by atoms with van der Waals surface area (Å²) in [4.78, 5) is 8.53. The molecule has 2 rings (SSSR count). The first kappa shape index (κ1) is 18.0. The molecule has 0 radical (unpaired) electrons. The van der Waals surface area contributed by atoms with Crippen LogP contribution in [0.1, 0.15) is 5.69 Å². The van der Waals surface area contributed by atoms with Gasteiger partial charge in [-0.15, -0.1) is 48.6 Å². The highest BCUT2D eigenvalue weighted by Gasteiger charge is 2.01. The summed E-state index contributed by atoms with van der Waals surface area (Å²) in [6.07, 6.45) is 1.77. The summed E-state index contributed by atoms with van der Waals surface area (Å²) in [5, 5.41) is 2.88. The summed E-state index contributed by atoms with van der Waals surface area (Å²) in [5.41, 5.74) is 7.29. The zero-order chi connectivity index (χ0) is 9.10. The largest absolute Gasteiger partial charge is 0.325 e. The Bertz CT molecular complexity index is 395. The van der Waals surface area contributed by atoms with Gasteiger partial charge in [-0.05, 0) is 12.1 Å². The first-order chi connectivity index (χ1) is 6.40. The molecule has 0 aromatic carbocycles. The predicted molar refractivity (Wildman–Crippen MR) is 75.0 cm³/mol. The van der Waals surface area contributed by atoms with E-state index in [9.17, 15) is 0 Å². The normalized spacial score (nSPS) is 8.31. The van der Waals surface area contributed by atoms with Crippen molar-refractivity contribution in [1.82, 2.24) is 9.97 Å². The van der Waals surface area contributed by atoms with Gasteiger partial charge in [0.15, 0.2) is 0 Å². The van der Waals surface area contributed by atoms with Gasteiger partial charge in [0.25, 0.3) is 0 Å². The molecule has 0 aliphatic heterocycles. The Labute approximate surface area is 117 Å². The van der Waals surface area contributed by atoms with E-state index in [0.717, 1.165) is 16.4 Å². The van der Waals surface area contributed by atoms with Crippen molar-refractivity contribution in [3.63, 3.8) is 0 Å². The van der Waals surface area contributed by atoms with Gasteiger partial charge in [-0.25, -0.2) is 9.97 Å². The van der Waals surface area contributed by atoms with Crippen molar-refractivity contribution in [2.24, 2.45) is 5.73 Å². The third kappa shape index (κ3) is 4.23. The Morgan fingerprint density at radius 2 is 1.94 bits per heavy atom. The second kappa shape index (κ2) is 8.73. The maximum absolute atomic E-state index is 5.49. The third-order valence-electron chi connectivity index (χ3n) is 1.67. The minimum atomic E-state index is 0. The molecule has 0 spiro atoms. The monoisotopic (exact) mass is 299 g/mol. The van der Waals surface area contributed by atoms with Crippen molar-refractivity contribution < 1.29 is 0 Å². The molecule has 16 heavy (non-hydrogen) atoms. The summed E-state index contributed by atoms with van der Waals surface area (Å²) in [6, 6.07) is 5.81. The van der Waals surface area contributed by atoms with E-state index < -0.39 is 0 Å². The summed E-state index contributed by atoms with van der Waals surface area (Å²) in [5.74, 6) is 0. The second-order valence-electron chi connectivity index (χ2n) is 2.56. The highest BCUT2D eigenvalue weighted by Crippen LogP contribution is 2.18. The van der Waals surface area contributed by atoms with E-state index in [0.29, 0.717) is 6.54 Å². The standard InChI is InChI=1S/C9H9N3S.3ClH/c10-6-7-2-1-3-8(12-7)9-11-4-5-13-9;;;/h1-5H,6,10H2;3*1H. The highest BCUT2D eigenvalue weighted by molar-refractivity contribution is 7.13. The van der Waals surface area contributed by atoms with Crippen molar-refractivity contribution in [2.75, 3.05) is 0 Å². The van der Waals surface area contributed by atoms with Crippen LogP contribution in [0.15, 0.2) is 29.8 Å². The number of hydrogen-bond donors (Lipinski definition) is 1. The van der Waals surface area contributed by atoms with E-state index in [4.69, 9.17) is 5.73 Å². The number of nitrogens with zero attached hydrogens (tertiary/aromatic N) is 2. The second-order valence-corrected chi connectivity index (χ2v) is 3.45. The number of pyridine rings is 1. The minimum absolute atomic E-state index is 0. The Morgan fingerprint density at radius 1 is 1.19 bits per heavy atom. The molecule has 0 atom stereocenters. The van der Waals surface area contributed by atoms with E-state index in [1.807, 2.05) is 23.6 Å². The lowest BCUT2D eigenvalue weighted by atomic mass is 10.3. The van der Waals surface area contributed by atoms with Gasteiger partial charge in [-0.1, -0.05) is 6.07 Å². The molecule has 0 unspecified atom stereocenters. The summed E-state index contributed by atoms with van der Waals surface area (Å²) in [7, 11) is 0. The summed E-state index contributed by atoms with van der Waals surface area (Å²) >= 11 is 1.58. The number of nitrogens with two attached hydrogens (primary N) is 1. The van der Waals surface area contributed by atoms with E-state index in [2.05, 4.69) is 9.97 Å². The number of aromatic nitrogens is 2. The first-order valence-corrected chi connectivity index (χ1v) is 4.84. The maximum Gasteiger partial charge on any atom is 0.141 e. The van der Waals surface area contributed by atoms with Crippen molar-refractivity contribution >= 4 is 48.6 Å². The van der Waals surface area contributed by atoms with E-state index >= 15 is 0 Å². The van der Waals surface area contributed by atoms with Crippen LogP contribution in [0.3, 0.4) is 0 Å². The molecule has 0 bridgehead atoms. The molecule has 0 aliphatic carbocycles. The molecular formula is C9H12Cl3N3S. The average Bonchev–Trinajstić information content (AvgIpc) is 2.71. The SMILES string of the molecule is Cl.Cl.Cl.NCc1cccc(-c2nccs2)n1. The molecular weight excluding hydrogens is 289 g/mol. The molecule has 2 aromatic rings. The van der Waals surface area contributed by atoms with Crippen LogP contribution in [0.4, 0.5) is 0 Å². The topological polar surface area (TPSA) is 51.8 Å². The summed E-state index contributed by atoms with van der Waals surface area (Å²) < 4.78 is 0. The van der Waals surface area contributed by atoms with Crippen molar-refractivity contribution in [2.45, 2.75) is 6.54 Å². The molecule has 2 N–H and O–H groups in total. The quantitative estimate of drug-likeness (QED) is 0.928. The maximum atomic E-state index is 5.49. The lowest BCUT2D eigenvalue weighted by Crippen LogP contribution is -1.99. The van der Waals surface area contributed by atoms with E-state index in [1.165, 1.54) is 0 Å². The van der Waals surface area contributed by atoms with Crippen molar-refractivity contribution in [3.05, 3.63) is 35.5 Å². The zero-order valence-corrected chi connectivity index (χ0v) is 11.5. The van der Waals surface area contributed by atoms with E-state index in [1.54, 1.807) is 17.5 Å². The fraction of sp³-hybridized carbons (Fsp3) is 0.111. The lowest BCUT2D eigenvalue weighted by Gasteiger charge is -1.98. The van der Waals surface area contributed by atoms with Gasteiger partial charge in [-0.3, -0.25) is 0 Å². The fourth-order valence-corrected chi connectivity index (χ4v) is 1.67. The van der Waals surface area contributed by atoms with Crippen molar-refractivity contribution in [3.8, 4) is 10.7 Å². The number of hydrogen-bond acceptors (Lipinski definition) is 4. The van der Waals surface area contributed by atoms with Crippen LogP contribution in [0.25, 0.3) is 10.7 Å². The van der Waals surface area contributed by atoms with Gasteiger partial charge in [0, 0.05) is 18.1 Å². The summed E-state index contributed by atoms with van der Waals surface area (Å²) in [6.45, 7) is 0.471. The lowest BCUT2D eigenvalue weighted by molar-refractivity contribution is 0.993. The average molecular weight is 301 g/mol. The Morgan fingerprint density at radius 3 is 2.50 bits per heavy atom. The number of halogens is 3. The molecule has 0 amide bonds. The van der Waals surface area contributed by atoms with Crippen LogP contribution in [0, 0.1) is 0 Å². The van der Waals surface area contributed by atoms with Crippen molar-refractivity contribution in [1.29, 1.82) is 0 Å².